The molecule has 2 heterocycles. The van der Waals surface area contributed by atoms with Gasteiger partial charge in [0.2, 0.25) is 0 Å². The maximum Gasteiger partial charge on any atom is 0.435 e. The zero-order valence-electron chi connectivity index (χ0n) is 16.1. The summed E-state index contributed by atoms with van der Waals surface area (Å²) >= 11 is 6.86. The van der Waals surface area contributed by atoms with Gasteiger partial charge in [-0.25, -0.2) is 4.39 Å². The molecule has 1 aromatic carbocycles. The highest BCUT2D eigenvalue weighted by atomic mass is 35.5. The first-order valence-electron chi connectivity index (χ1n) is 9.06. The lowest BCUT2D eigenvalue weighted by molar-refractivity contribution is -0.141. The second-order valence-corrected chi connectivity index (χ2v) is 8.30. The van der Waals surface area contributed by atoms with Crippen molar-refractivity contribution in [1.82, 2.24) is 15.1 Å². The Morgan fingerprint density at radius 3 is 2.60 bits per heavy atom. The van der Waals surface area contributed by atoms with Crippen molar-refractivity contribution in [1.29, 1.82) is 0 Å². The highest BCUT2D eigenvalue weighted by Gasteiger charge is 2.36. The standard InChI is InChI=1S/C20H18ClF4N3OS/c1-11(2)28-15(10-17(27-28)20(23,24)25)18-14(22)9-16(30-18)19(29)26-8-7-12-5-3-4-6-13(12)21/h3-6,9-11H,7-8H2,1-2H3,(H,26,29). The van der Waals surface area contributed by atoms with Crippen LogP contribution in [0.3, 0.4) is 0 Å². The van der Waals surface area contributed by atoms with Crippen LogP contribution in [0.15, 0.2) is 36.4 Å². The Balaban J connectivity index is 1.79. The number of thiophene rings is 1. The monoisotopic (exact) mass is 459 g/mol. The summed E-state index contributed by atoms with van der Waals surface area (Å²) in [7, 11) is 0. The van der Waals surface area contributed by atoms with Gasteiger partial charge in [0, 0.05) is 17.6 Å². The van der Waals surface area contributed by atoms with E-state index in [9.17, 15) is 22.4 Å². The smallest absolute Gasteiger partial charge is 0.351 e. The van der Waals surface area contributed by atoms with E-state index >= 15 is 0 Å². The van der Waals surface area contributed by atoms with Crippen LogP contribution in [0.25, 0.3) is 10.6 Å². The highest BCUT2D eigenvalue weighted by molar-refractivity contribution is 7.17. The molecule has 4 nitrogen and oxygen atoms in total. The maximum atomic E-state index is 14.5. The van der Waals surface area contributed by atoms with E-state index in [1.54, 1.807) is 26.0 Å². The van der Waals surface area contributed by atoms with Crippen molar-refractivity contribution in [2.45, 2.75) is 32.5 Å². The lowest BCUT2D eigenvalue weighted by Gasteiger charge is -2.09. The lowest BCUT2D eigenvalue weighted by Crippen LogP contribution is -2.24. The summed E-state index contributed by atoms with van der Waals surface area (Å²) in [6.07, 6.45) is -4.16. The van der Waals surface area contributed by atoms with Crippen molar-refractivity contribution in [3.8, 4) is 10.6 Å². The van der Waals surface area contributed by atoms with Crippen molar-refractivity contribution in [2.75, 3.05) is 6.54 Å². The molecule has 10 heteroatoms. The Morgan fingerprint density at radius 1 is 1.27 bits per heavy atom. The zero-order chi connectivity index (χ0) is 22.1. The van der Waals surface area contributed by atoms with Gasteiger partial charge < -0.3 is 5.32 Å². The van der Waals surface area contributed by atoms with Gasteiger partial charge in [-0.3, -0.25) is 9.48 Å². The molecule has 0 spiro atoms. The van der Waals surface area contributed by atoms with Gasteiger partial charge in [0.05, 0.1) is 15.4 Å². The van der Waals surface area contributed by atoms with Crippen LogP contribution >= 0.6 is 22.9 Å². The van der Waals surface area contributed by atoms with Gasteiger partial charge in [0.1, 0.15) is 5.82 Å². The second-order valence-electron chi connectivity index (χ2n) is 6.84. The first-order chi connectivity index (χ1) is 14.1. The normalized spacial score (nSPS) is 11.9. The van der Waals surface area contributed by atoms with Gasteiger partial charge >= 0.3 is 6.18 Å². The highest BCUT2D eigenvalue weighted by Crippen LogP contribution is 2.37. The number of nitrogens with zero attached hydrogens (tertiary/aromatic N) is 2. The number of benzene rings is 1. The van der Waals surface area contributed by atoms with Crippen molar-refractivity contribution >= 4 is 28.8 Å². The minimum Gasteiger partial charge on any atom is -0.351 e. The van der Waals surface area contributed by atoms with Crippen LogP contribution in [0.5, 0.6) is 0 Å². The van der Waals surface area contributed by atoms with E-state index in [0.29, 0.717) is 11.4 Å². The lowest BCUT2D eigenvalue weighted by atomic mass is 10.1. The molecule has 0 aliphatic carbocycles. The Kier molecular flexibility index (Phi) is 6.52. The van der Waals surface area contributed by atoms with E-state index in [4.69, 9.17) is 11.6 Å². The Morgan fingerprint density at radius 2 is 1.97 bits per heavy atom. The summed E-state index contributed by atoms with van der Waals surface area (Å²) in [5.41, 5.74) is -0.266. The number of halogens is 5. The van der Waals surface area contributed by atoms with Crippen molar-refractivity contribution in [3.05, 3.63) is 63.4 Å². The number of alkyl halides is 3. The van der Waals surface area contributed by atoms with E-state index < -0.39 is 29.6 Å². The molecule has 0 aliphatic rings. The van der Waals surface area contributed by atoms with Gasteiger partial charge in [-0.1, -0.05) is 29.8 Å². The molecular weight excluding hydrogens is 442 g/mol. The Labute approximate surface area is 179 Å². The topological polar surface area (TPSA) is 46.9 Å². The summed E-state index contributed by atoms with van der Waals surface area (Å²) in [4.78, 5) is 12.4. The molecule has 0 fully saturated rings. The quantitative estimate of drug-likeness (QED) is 0.461. The molecule has 0 saturated carbocycles. The molecule has 0 aliphatic heterocycles. The molecule has 2 aromatic heterocycles. The number of aromatic nitrogens is 2. The summed E-state index contributed by atoms with van der Waals surface area (Å²) < 4.78 is 54.8. The molecule has 160 valence electrons. The number of carbonyl (C=O) groups is 1. The van der Waals surface area contributed by atoms with E-state index in [2.05, 4.69) is 10.4 Å². The van der Waals surface area contributed by atoms with Crippen LogP contribution in [0.1, 0.15) is 40.8 Å². The van der Waals surface area contributed by atoms with Gasteiger partial charge in [-0.15, -0.1) is 11.3 Å². The largest absolute Gasteiger partial charge is 0.435 e. The predicted octanol–water partition coefficient (Wildman–Crippen LogP) is 5.98. The van der Waals surface area contributed by atoms with Crippen molar-refractivity contribution < 1.29 is 22.4 Å². The van der Waals surface area contributed by atoms with Crippen molar-refractivity contribution in [3.63, 3.8) is 0 Å². The van der Waals surface area contributed by atoms with Gasteiger partial charge in [0.15, 0.2) is 5.69 Å². The van der Waals surface area contributed by atoms with Gasteiger partial charge in [-0.2, -0.15) is 18.3 Å². The molecule has 0 atom stereocenters. The molecule has 0 unspecified atom stereocenters. The summed E-state index contributed by atoms with van der Waals surface area (Å²) in [6.45, 7) is 3.56. The zero-order valence-corrected chi connectivity index (χ0v) is 17.6. The number of carbonyl (C=O) groups excluding carboxylic acids is 1. The molecule has 3 rings (SSSR count). The number of nitrogens with one attached hydrogen (secondary N) is 1. The summed E-state index contributed by atoms with van der Waals surface area (Å²) in [5.74, 6) is -1.28. The molecule has 3 aromatic rings. The summed E-state index contributed by atoms with van der Waals surface area (Å²) in [5, 5.41) is 6.82. The van der Waals surface area contributed by atoms with Crippen LogP contribution < -0.4 is 5.32 Å². The van der Waals surface area contributed by atoms with Gasteiger partial charge in [-0.05, 0) is 44.0 Å². The number of rotatable bonds is 6. The molecule has 1 amide bonds. The molecular formula is C20H18ClF4N3OS. The van der Waals surface area contributed by atoms with Crippen LogP contribution in [0, 0.1) is 5.82 Å². The maximum absolute atomic E-state index is 14.5. The number of hydrogen-bond donors (Lipinski definition) is 1. The summed E-state index contributed by atoms with van der Waals surface area (Å²) in [6, 6.07) is 8.60. The van der Waals surface area contributed by atoms with Crippen LogP contribution in [0.2, 0.25) is 5.02 Å². The fourth-order valence-electron chi connectivity index (χ4n) is 2.85. The van der Waals surface area contributed by atoms with Gasteiger partial charge in [0.25, 0.3) is 5.91 Å². The van der Waals surface area contributed by atoms with E-state index in [1.165, 1.54) is 0 Å². The van der Waals surface area contributed by atoms with E-state index in [0.717, 1.165) is 33.7 Å². The fraction of sp³-hybridized carbons (Fsp3) is 0.300. The fourth-order valence-corrected chi connectivity index (χ4v) is 4.04. The minimum atomic E-state index is -4.65. The minimum absolute atomic E-state index is 0.0186. The first kappa shape index (κ1) is 22.3. The molecule has 0 bridgehead atoms. The molecule has 0 radical (unpaired) electrons. The Hall–Kier alpha value is -2.39. The Bertz CT molecular complexity index is 1060. The third-order valence-corrected chi connectivity index (χ3v) is 5.80. The molecule has 1 N–H and O–H groups in total. The number of amides is 1. The number of hydrogen-bond acceptors (Lipinski definition) is 3. The first-order valence-corrected chi connectivity index (χ1v) is 10.3. The second kappa shape index (κ2) is 8.77. The van der Waals surface area contributed by atoms with Crippen LogP contribution in [-0.4, -0.2) is 22.2 Å². The van der Waals surface area contributed by atoms with Crippen molar-refractivity contribution in [2.24, 2.45) is 0 Å². The third kappa shape index (κ3) is 4.84. The third-order valence-electron chi connectivity index (χ3n) is 4.30. The van der Waals surface area contributed by atoms with E-state index in [1.807, 2.05) is 12.1 Å². The van der Waals surface area contributed by atoms with Crippen LogP contribution in [0.4, 0.5) is 17.6 Å². The predicted molar refractivity (Wildman–Crippen MR) is 108 cm³/mol. The van der Waals surface area contributed by atoms with Crippen LogP contribution in [-0.2, 0) is 12.6 Å². The van der Waals surface area contributed by atoms with E-state index in [-0.39, 0.29) is 22.0 Å². The average Bonchev–Trinajstić information content (AvgIpc) is 3.27. The SMILES string of the molecule is CC(C)n1nc(C(F)(F)F)cc1-c1sc(C(=O)NCCc2ccccc2Cl)cc1F. The molecule has 0 saturated heterocycles. The average molecular weight is 460 g/mol. The molecule has 30 heavy (non-hydrogen) atoms.